The Labute approximate surface area is 161 Å². The van der Waals surface area contributed by atoms with Gasteiger partial charge in [-0.2, -0.15) is 0 Å². The molecule has 0 spiro atoms. The zero-order valence-electron chi connectivity index (χ0n) is 15.1. The molecule has 7 heteroatoms. The van der Waals surface area contributed by atoms with E-state index < -0.39 is 11.9 Å². The molecule has 0 aliphatic carbocycles. The number of esters is 1. The molecule has 144 valence electrons. The van der Waals surface area contributed by atoms with Crippen LogP contribution in [0.3, 0.4) is 0 Å². The van der Waals surface area contributed by atoms with Gasteiger partial charge in [0.05, 0.1) is 12.1 Å². The number of amides is 1. The largest absolute Gasteiger partial charge is 0.488 e. The number of benzene rings is 2. The molecule has 0 fully saturated rings. The summed E-state index contributed by atoms with van der Waals surface area (Å²) in [6, 6.07) is 14.7. The molecule has 0 saturated carbocycles. The van der Waals surface area contributed by atoms with Gasteiger partial charge in [0, 0.05) is 5.56 Å². The van der Waals surface area contributed by atoms with Gasteiger partial charge in [-0.05, 0) is 24.3 Å². The second-order valence-corrected chi connectivity index (χ2v) is 6.37. The van der Waals surface area contributed by atoms with Crippen LogP contribution in [0.1, 0.15) is 5.56 Å². The van der Waals surface area contributed by atoms with Crippen LogP contribution in [0.15, 0.2) is 54.1 Å². The highest BCUT2D eigenvalue weighted by atomic mass is 16.6. The van der Waals surface area contributed by atoms with Crippen LogP contribution < -0.4 is 19.5 Å². The smallest absolute Gasteiger partial charge is 0.338 e. The molecule has 2 aliphatic heterocycles. The average molecular weight is 381 g/mol. The first kappa shape index (κ1) is 17.9. The fourth-order valence-electron chi connectivity index (χ4n) is 2.90. The van der Waals surface area contributed by atoms with E-state index >= 15 is 0 Å². The summed E-state index contributed by atoms with van der Waals surface area (Å²) >= 11 is 0. The van der Waals surface area contributed by atoms with E-state index in [-0.39, 0.29) is 25.9 Å². The molecule has 1 amide bonds. The highest BCUT2D eigenvalue weighted by Crippen LogP contribution is 2.30. The van der Waals surface area contributed by atoms with Crippen LogP contribution in [0, 0.1) is 0 Å². The molecular formula is C21H19NO6. The van der Waals surface area contributed by atoms with E-state index in [1.54, 1.807) is 6.08 Å². The van der Waals surface area contributed by atoms with E-state index in [1.807, 2.05) is 48.5 Å². The molecule has 1 N–H and O–H groups in total. The Morgan fingerprint density at radius 3 is 2.61 bits per heavy atom. The number of ether oxygens (including phenoxy) is 4. The number of hydrogen-bond acceptors (Lipinski definition) is 6. The monoisotopic (exact) mass is 381 g/mol. The predicted molar refractivity (Wildman–Crippen MR) is 100 cm³/mol. The second-order valence-electron chi connectivity index (χ2n) is 6.37. The van der Waals surface area contributed by atoms with Gasteiger partial charge in [0.15, 0.2) is 18.1 Å². The van der Waals surface area contributed by atoms with Crippen molar-refractivity contribution in [3.05, 3.63) is 59.7 Å². The maximum atomic E-state index is 12.2. The van der Waals surface area contributed by atoms with Crippen LogP contribution in [0.4, 0.5) is 0 Å². The van der Waals surface area contributed by atoms with Gasteiger partial charge in [-0.25, -0.2) is 4.79 Å². The van der Waals surface area contributed by atoms with Gasteiger partial charge in [0.2, 0.25) is 0 Å². The minimum Gasteiger partial charge on any atom is -0.488 e. The zero-order chi connectivity index (χ0) is 19.3. The lowest BCUT2D eigenvalue weighted by Gasteiger charge is -2.26. The first-order valence-electron chi connectivity index (χ1n) is 8.94. The summed E-state index contributed by atoms with van der Waals surface area (Å²) in [6.07, 6.45) is 1.41. The summed E-state index contributed by atoms with van der Waals surface area (Å²) in [6.45, 7) is 0.330. The molecule has 2 aromatic rings. The van der Waals surface area contributed by atoms with E-state index in [0.717, 1.165) is 5.56 Å². The Kier molecular flexibility index (Phi) is 5.14. The lowest BCUT2D eigenvalue weighted by atomic mass is 10.1. The molecule has 0 radical (unpaired) electrons. The fourth-order valence-corrected chi connectivity index (χ4v) is 2.90. The molecule has 0 unspecified atom stereocenters. The molecule has 0 aromatic heterocycles. The van der Waals surface area contributed by atoms with E-state index in [2.05, 4.69) is 5.32 Å². The van der Waals surface area contributed by atoms with Gasteiger partial charge in [0.1, 0.15) is 25.1 Å². The lowest BCUT2D eigenvalue weighted by Crippen LogP contribution is -2.42. The number of carbonyl (C=O) groups is 2. The first-order valence-corrected chi connectivity index (χ1v) is 8.94. The van der Waals surface area contributed by atoms with E-state index in [0.29, 0.717) is 29.4 Å². The van der Waals surface area contributed by atoms with Crippen molar-refractivity contribution in [1.29, 1.82) is 0 Å². The lowest BCUT2D eigenvalue weighted by molar-refractivity contribution is -0.145. The molecule has 0 saturated heterocycles. The maximum absolute atomic E-state index is 12.2. The van der Waals surface area contributed by atoms with Crippen molar-refractivity contribution >= 4 is 18.0 Å². The molecule has 2 aliphatic rings. The van der Waals surface area contributed by atoms with Crippen molar-refractivity contribution in [3.8, 4) is 17.2 Å². The first-order chi connectivity index (χ1) is 13.7. The Morgan fingerprint density at radius 2 is 1.75 bits per heavy atom. The molecule has 2 aromatic carbocycles. The molecule has 4 rings (SSSR count). The molecule has 2 heterocycles. The van der Waals surface area contributed by atoms with Crippen molar-refractivity contribution in [2.75, 3.05) is 26.4 Å². The Morgan fingerprint density at radius 1 is 1.00 bits per heavy atom. The third kappa shape index (κ3) is 4.09. The van der Waals surface area contributed by atoms with Gasteiger partial charge in [-0.1, -0.05) is 30.3 Å². The second kappa shape index (κ2) is 8.04. The topological polar surface area (TPSA) is 83.1 Å². The number of hydrogen-bond donors (Lipinski definition) is 1. The minimum atomic E-state index is -0.573. The third-order valence-corrected chi connectivity index (χ3v) is 4.32. The summed E-state index contributed by atoms with van der Waals surface area (Å²) in [5, 5.41) is 2.69. The SMILES string of the molecule is O=C(COC(=O)C1=Cc2ccccc2OC1)NC[C@H]1COc2ccccc2O1. The Hall–Kier alpha value is -3.48. The Balaban J connectivity index is 1.23. The predicted octanol–water partition coefficient (Wildman–Crippen LogP) is 1.96. The number of para-hydroxylation sites is 3. The van der Waals surface area contributed by atoms with Gasteiger partial charge >= 0.3 is 5.97 Å². The van der Waals surface area contributed by atoms with Gasteiger partial charge in [0.25, 0.3) is 5.91 Å². The molecule has 28 heavy (non-hydrogen) atoms. The molecule has 0 bridgehead atoms. The minimum absolute atomic E-state index is 0.115. The van der Waals surface area contributed by atoms with Crippen molar-refractivity contribution in [1.82, 2.24) is 5.32 Å². The Bertz CT molecular complexity index is 923. The van der Waals surface area contributed by atoms with Crippen molar-refractivity contribution in [2.24, 2.45) is 0 Å². The van der Waals surface area contributed by atoms with E-state index in [1.165, 1.54) is 0 Å². The summed E-state index contributed by atoms with van der Waals surface area (Å²) in [7, 11) is 0. The van der Waals surface area contributed by atoms with Crippen molar-refractivity contribution < 1.29 is 28.5 Å². The van der Waals surface area contributed by atoms with Gasteiger partial charge in [-0.15, -0.1) is 0 Å². The number of rotatable bonds is 5. The van der Waals surface area contributed by atoms with E-state index in [9.17, 15) is 9.59 Å². The average Bonchev–Trinajstić information content (AvgIpc) is 2.75. The van der Waals surface area contributed by atoms with Crippen LogP contribution in [0.5, 0.6) is 17.2 Å². The van der Waals surface area contributed by atoms with Crippen LogP contribution in [0.25, 0.3) is 6.08 Å². The number of carbonyl (C=O) groups excluding carboxylic acids is 2. The van der Waals surface area contributed by atoms with Gasteiger partial charge in [-0.3, -0.25) is 4.79 Å². The summed E-state index contributed by atoms with van der Waals surface area (Å²) in [4.78, 5) is 24.1. The van der Waals surface area contributed by atoms with Crippen LogP contribution in [-0.4, -0.2) is 44.3 Å². The van der Waals surface area contributed by atoms with Crippen LogP contribution in [-0.2, 0) is 14.3 Å². The normalized spacial score (nSPS) is 16.9. The number of fused-ring (bicyclic) bond motifs is 2. The third-order valence-electron chi connectivity index (χ3n) is 4.32. The summed E-state index contributed by atoms with van der Waals surface area (Å²) < 4.78 is 22.0. The van der Waals surface area contributed by atoms with Crippen molar-refractivity contribution in [2.45, 2.75) is 6.10 Å². The molecule has 1 atom stereocenters. The van der Waals surface area contributed by atoms with Gasteiger partial charge < -0.3 is 24.3 Å². The summed E-state index contributed by atoms with van der Waals surface area (Å²) in [5.41, 5.74) is 1.17. The highest BCUT2D eigenvalue weighted by Gasteiger charge is 2.22. The number of nitrogens with one attached hydrogen (secondary N) is 1. The van der Waals surface area contributed by atoms with E-state index in [4.69, 9.17) is 18.9 Å². The quantitative estimate of drug-likeness (QED) is 0.798. The molecular weight excluding hydrogens is 362 g/mol. The standard InChI is InChI=1S/C21H19NO6/c23-20(22-10-16-12-26-18-7-3-4-8-19(18)28-16)13-27-21(24)15-9-14-5-1-2-6-17(14)25-11-15/h1-9,16H,10-13H2,(H,22,23)/t16-/m0/s1. The van der Waals surface area contributed by atoms with Crippen molar-refractivity contribution in [3.63, 3.8) is 0 Å². The zero-order valence-corrected chi connectivity index (χ0v) is 15.1. The van der Waals surface area contributed by atoms with Crippen LogP contribution >= 0.6 is 0 Å². The fraction of sp³-hybridized carbons (Fsp3) is 0.238. The highest BCUT2D eigenvalue weighted by molar-refractivity contribution is 5.96. The van der Waals surface area contributed by atoms with Crippen LogP contribution in [0.2, 0.25) is 0 Å². The molecule has 7 nitrogen and oxygen atoms in total. The maximum Gasteiger partial charge on any atom is 0.338 e. The summed E-state index contributed by atoms with van der Waals surface area (Å²) in [5.74, 6) is 1.06.